The molecule has 1 fully saturated rings. The molecule has 0 unspecified atom stereocenters. The number of nitrogens with one attached hydrogen (secondary N) is 1. The Morgan fingerprint density at radius 2 is 1.80 bits per heavy atom. The molecule has 178 valence electrons. The van der Waals surface area contributed by atoms with Crippen molar-refractivity contribution in [3.63, 3.8) is 0 Å². The van der Waals surface area contributed by atoms with Crippen LogP contribution in [-0.2, 0) is 12.2 Å². The smallest absolute Gasteiger partial charge is 0.223 e. The first-order chi connectivity index (χ1) is 17.2. The summed E-state index contributed by atoms with van der Waals surface area (Å²) < 4.78 is 16.1. The van der Waals surface area contributed by atoms with Gasteiger partial charge in [0.25, 0.3) is 0 Å². The number of aryl methyl sites for hydroxylation is 1. The Labute approximate surface area is 209 Å². The molecule has 0 bridgehead atoms. The summed E-state index contributed by atoms with van der Waals surface area (Å²) in [4.78, 5) is 14.4. The van der Waals surface area contributed by atoms with Crippen molar-refractivity contribution < 1.29 is 4.39 Å². The van der Waals surface area contributed by atoms with Crippen LogP contribution in [0.2, 0.25) is 0 Å². The molecule has 0 saturated heterocycles. The van der Waals surface area contributed by atoms with Gasteiger partial charge >= 0.3 is 0 Å². The molecule has 0 amide bonds. The number of rotatable bonds is 8. The lowest BCUT2D eigenvalue weighted by Crippen LogP contribution is -2.28. The highest BCUT2D eigenvalue weighted by atomic mass is 32.2. The second kappa shape index (κ2) is 9.82. The highest BCUT2D eigenvalue weighted by Crippen LogP contribution is 2.40. The fraction of sp³-hybridized carbons (Fsp3) is 0.321. The minimum absolute atomic E-state index is 0.244. The molecule has 1 N–H and O–H groups in total. The van der Waals surface area contributed by atoms with Crippen molar-refractivity contribution in [1.82, 2.24) is 19.5 Å². The van der Waals surface area contributed by atoms with Gasteiger partial charge in [-0.2, -0.15) is 11.8 Å². The van der Waals surface area contributed by atoms with Gasteiger partial charge in [0.1, 0.15) is 11.6 Å². The Hall–Kier alpha value is -3.19. The van der Waals surface area contributed by atoms with Gasteiger partial charge in [-0.25, -0.2) is 19.3 Å². The van der Waals surface area contributed by atoms with Gasteiger partial charge in [-0.05, 0) is 61.6 Å². The van der Waals surface area contributed by atoms with Crippen molar-refractivity contribution in [3.05, 3.63) is 84.1 Å². The van der Waals surface area contributed by atoms with Crippen LogP contribution in [0, 0.1) is 5.82 Å². The molecule has 2 aliphatic rings. The topological polar surface area (TPSA) is 55.6 Å². The van der Waals surface area contributed by atoms with E-state index < -0.39 is 0 Å². The molecule has 5 nitrogen and oxygen atoms in total. The number of aromatic nitrogens is 4. The van der Waals surface area contributed by atoms with E-state index in [1.807, 2.05) is 36.2 Å². The van der Waals surface area contributed by atoms with Crippen LogP contribution in [0.5, 0.6) is 0 Å². The number of nitrogens with zero attached hydrogens (tertiary/aromatic N) is 4. The summed E-state index contributed by atoms with van der Waals surface area (Å²) in [6, 6.07) is 20.0. The van der Waals surface area contributed by atoms with Crippen molar-refractivity contribution in [2.24, 2.45) is 0 Å². The van der Waals surface area contributed by atoms with E-state index in [0.29, 0.717) is 18.0 Å². The molecule has 1 aliphatic heterocycles. The Balaban J connectivity index is 1.34. The first-order valence-corrected chi connectivity index (χ1v) is 13.5. The van der Waals surface area contributed by atoms with Crippen LogP contribution >= 0.6 is 11.8 Å². The Kier molecular flexibility index (Phi) is 6.25. The fourth-order valence-electron chi connectivity index (χ4n) is 4.87. The van der Waals surface area contributed by atoms with Gasteiger partial charge in [0.05, 0.1) is 17.1 Å². The van der Waals surface area contributed by atoms with Crippen molar-refractivity contribution in [3.8, 4) is 22.6 Å². The van der Waals surface area contributed by atoms with E-state index in [-0.39, 0.29) is 5.82 Å². The number of imidazole rings is 1. The van der Waals surface area contributed by atoms with Crippen molar-refractivity contribution >= 4 is 17.7 Å². The van der Waals surface area contributed by atoms with Gasteiger partial charge < -0.3 is 9.88 Å². The van der Waals surface area contributed by atoms with E-state index in [1.54, 1.807) is 0 Å². The number of thioether (sulfide) groups is 1. The standard InChI is InChI=1S/C28H28FN5S/c29-21-11-9-20(10-12-21)26-27(24-15-16-30-28(32-24)31-22-7-4-8-22)34-23(13-14-25(34)33-26)18-35-17-19-5-2-1-3-6-19/h1-3,5-6,9-12,15-16,22-23H,4,7-8,13-14,17-18H2,(H,30,31,32)/t23-/m0/s1. The number of hydrogen-bond donors (Lipinski definition) is 1. The largest absolute Gasteiger partial charge is 0.351 e. The minimum Gasteiger partial charge on any atom is -0.351 e. The zero-order valence-corrected chi connectivity index (χ0v) is 20.3. The summed E-state index contributed by atoms with van der Waals surface area (Å²) in [6.45, 7) is 0. The normalized spacial score (nSPS) is 17.2. The van der Waals surface area contributed by atoms with Crippen LogP contribution < -0.4 is 5.32 Å². The van der Waals surface area contributed by atoms with Crippen LogP contribution in [-0.4, -0.2) is 31.3 Å². The second-order valence-electron chi connectivity index (χ2n) is 9.33. The number of hydrogen-bond acceptors (Lipinski definition) is 5. The fourth-order valence-corrected chi connectivity index (χ4v) is 6.00. The Bertz CT molecular complexity index is 1300. The quantitative estimate of drug-likeness (QED) is 0.307. The maximum absolute atomic E-state index is 13.7. The number of benzene rings is 2. The third-order valence-electron chi connectivity index (χ3n) is 6.93. The van der Waals surface area contributed by atoms with Crippen LogP contribution in [0.4, 0.5) is 10.3 Å². The maximum Gasteiger partial charge on any atom is 0.223 e. The highest BCUT2D eigenvalue weighted by Gasteiger charge is 2.31. The first-order valence-electron chi connectivity index (χ1n) is 12.3. The van der Waals surface area contributed by atoms with Crippen LogP contribution in [0.1, 0.15) is 43.1 Å². The monoisotopic (exact) mass is 485 g/mol. The van der Waals surface area contributed by atoms with Gasteiger partial charge in [-0.1, -0.05) is 30.3 Å². The molecule has 1 saturated carbocycles. The van der Waals surface area contributed by atoms with Gasteiger partial charge in [0.15, 0.2) is 0 Å². The van der Waals surface area contributed by atoms with Crippen LogP contribution in [0.3, 0.4) is 0 Å². The Morgan fingerprint density at radius 3 is 2.57 bits per heavy atom. The van der Waals surface area contributed by atoms with Crippen LogP contribution in [0.15, 0.2) is 66.9 Å². The van der Waals surface area contributed by atoms with E-state index in [2.05, 4.69) is 45.2 Å². The summed E-state index contributed by atoms with van der Waals surface area (Å²) in [5.41, 5.74) is 4.99. The molecule has 35 heavy (non-hydrogen) atoms. The van der Waals surface area contributed by atoms with Gasteiger partial charge in [0.2, 0.25) is 5.95 Å². The predicted molar refractivity (Wildman–Crippen MR) is 140 cm³/mol. The van der Waals surface area contributed by atoms with E-state index >= 15 is 0 Å². The molecule has 1 aliphatic carbocycles. The number of halogens is 1. The third kappa shape index (κ3) is 4.69. The summed E-state index contributed by atoms with van der Waals surface area (Å²) in [7, 11) is 0. The molecule has 1 atom stereocenters. The van der Waals surface area contributed by atoms with Gasteiger partial charge in [0, 0.05) is 41.8 Å². The summed E-state index contributed by atoms with van der Waals surface area (Å²) >= 11 is 1.96. The van der Waals surface area contributed by atoms with E-state index in [0.717, 1.165) is 65.7 Å². The molecule has 0 radical (unpaired) electrons. The number of fused-ring (bicyclic) bond motifs is 1. The van der Waals surface area contributed by atoms with Crippen LogP contribution in [0.25, 0.3) is 22.6 Å². The molecule has 4 aromatic rings. The molecule has 3 heterocycles. The molecule has 6 rings (SSSR count). The predicted octanol–water partition coefficient (Wildman–Crippen LogP) is 6.53. The second-order valence-corrected chi connectivity index (χ2v) is 10.4. The van der Waals surface area contributed by atoms with Crippen molar-refractivity contribution in [2.45, 2.75) is 49.9 Å². The molecule has 2 aromatic carbocycles. The molecule has 2 aromatic heterocycles. The summed E-state index contributed by atoms with van der Waals surface area (Å²) in [6.07, 6.45) is 7.41. The van der Waals surface area contributed by atoms with Crippen molar-refractivity contribution in [1.29, 1.82) is 0 Å². The maximum atomic E-state index is 13.7. The minimum atomic E-state index is -0.244. The third-order valence-corrected chi connectivity index (χ3v) is 8.08. The lowest BCUT2D eigenvalue weighted by atomic mass is 9.93. The molecular formula is C28H28FN5S. The van der Waals surface area contributed by atoms with Crippen molar-refractivity contribution in [2.75, 3.05) is 11.1 Å². The highest BCUT2D eigenvalue weighted by molar-refractivity contribution is 7.98. The zero-order chi connectivity index (χ0) is 23.6. The number of anilines is 1. The molecular weight excluding hydrogens is 457 g/mol. The molecule has 7 heteroatoms. The van der Waals surface area contributed by atoms with Gasteiger partial charge in [-0.15, -0.1) is 0 Å². The first kappa shape index (κ1) is 22.3. The summed E-state index contributed by atoms with van der Waals surface area (Å²) in [5, 5.41) is 3.47. The SMILES string of the molecule is Fc1ccc(-c2nc3n(c2-c2ccnc(NC4CCC4)n2)[C@H](CSCc2ccccc2)CC3)cc1. The van der Waals surface area contributed by atoms with E-state index in [4.69, 9.17) is 9.97 Å². The zero-order valence-electron chi connectivity index (χ0n) is 19.5. The average molecular weight is 486 g/mol. The Morgan fingerprint density at radius 1 is 0.971 bits per heavy atom. The van der Waals surface area contributed by atoms with Gasteiger partial charge in [-0.3, -0.25) is 0 Å². The van der Waals surface area contributed by atoms with E-state index in [1.165, 1.54) is 24.1 Å². The summed E-state index contributed by atoms with van der Waals surface area (Å²) in [5.74, 6) is 3.50. The lowest BCUT2D eigenvalue weighted by molar-refractivity contribution is 0.443. The average Bonchev–Trinajstić information content (AvgIpc) is 3.43. The lowest BCUT2D eigenvalue weighted by Gasteiger charge is -2.26. The van der Waals surface area contributed by atoms with E-state index in [9.17, 15) is 4.39 Å². The molecule has 0 spiro atoms.